The maximum absolute atomic E-state index is 13.3. The summed E-state index contributed by atoms with van der Waals surface area (Å²) in [7, 11) is 1.32. The summed E-state index contributed by atoms with van der Waals surface area (Å²) in [4.78, 5) is 12.7. The van der Waals surface area contributed by atoms with E-state index in [9.17, 15) is 9.18 Å². The third-order valence-corrected chi connectivity index (χ3v) is 3.67. The molecule has 0 aliphatic rings. The van der Waals surface area contributed by atoms with Gasteiger partial charge in [-0.05, 0) is 35.9 Å². The van der Waals surface area contributed by atoms with Gasteiger partial charge in [0, 0.05) is 10.6 Å². The van der Waals surface area contributed by atoms with Crippen LogP contribution in [0.5, 0.6) is 0 Å². The van der Waals surface area contributed by atoms with Crippen molar-refractivity contribution in [1.82, 2.24) is 0 Å². The maximum Gasteiger partial charge on any atom is 0.338 e. The largest absolute Gasteiger partial charge is 0.465 e. The summed E-state index contributed by atoms with van der Waals surface area (Å²) in [6, 6.07) is 13.9. The van der Waals surface area contributed by atoms with Gasteiger partial charge in [-0.25, -0.2) is 9.18 Å². The predicted molar refractivity (Wildman–Crippen MR) is 73.7 cm³/mol. The summed E-state index contributed by atoms with van der Waals surface area (Å²) in [5.41, 5.74) is 1.05. The van der Waals surface area contributed by atoms with Crippen molar-refractivity contribution < 1.29 is 13.9 Å². The summed E-state index contributed by atoms with van der Waals surface area (Å²) < 4.78 is 18.0. The molecule has 0 aromatic heterocycles. The Balaban J connectivity index is 2.19. The first-order chi connectivity index (χ1) is 9.20. The number of hydrogen-bond donors (Lipinski definition) is 0. The summed E-state index contributed by atoms with van der Waals surface area (Å²) >= 11 is 1.55. The Labute approximate surface area is 115 Å². The van der Waals surface area contributed by atoms with Crippen molar-refractivity contribution in [3.8, 4) is 0 Å². The fourth-order valence-electron chi connectivity index (χ4n) is 1.67. The highest BCUT2D eigenvalue weighted by atomic mass is 32.2. The van der Waals surface area contributed by atoms with E-state index in [1.165, 1.54) is 25.3 Å². The highest BCUT2D eigenvalue weighted by Crippen LogP contribution is 2.25. The summed E-state index contributed by atoms with van der Waals surface area (Å²) in [5, 5.41) is 0. The Hall–Kier alpha value is -1.81. The molecule has 0 radical (unpaired) electrons. The molecule has 2 aromatic carbocycles. The zero-order valence-electron chi connectivity index (χ0n) is 10.4. The lowest BCUT2D eigenvalue weighted by atomic mass is 10.1. The molecule has 0 heterocycles. The molecule has 0 unspecified atom stereocenters. The van der Waals surface area contributed by atoms with Crippen molar-refractivity contribution in [2.75, 3.05) is 7.11 Å². The number of carbonyl (C=O) groups excluding carboxylic acids is 1. The minimum atomic E-state index is -0.441. The molecule has 98 valence electrons. The van der Waals surface area contributed by atoms with E-state index in [1.807, 2.05) is 30.3 Å². The number of hydrogen-bond acceptors (Lipinski definition) is 3. The smallest absolute Gasteiger partial charge is 0.338 e. The van der Waals surface area contributed by atoms with Crippen LogP contribution in [0.1, 0.15) is 15.9 Å². The van der Waals surface area contributed by atoms with Crippen LogP contribution in [-0.2, 0) is 10.5 Å². The van der Waals surface area contributed by atoms with Crippen LogP contribution in [0.4, 0.5) is 4.39 Å². The summed E-state index contributed by atoms with van der Waals surface area (Å²) in [6.07, 6.45) is 0. The molecule has 2 rings (SSSR count). The fourth-order valence-corrected chi connectivity index (χ4v) is 2.58. The Morgan fingerprint density at radius 2 is 1.95 bits per heavy atom. The van der Waals surface area contributed by atoms with Crippen molar-refractivity contribution in [2.24, 2.45) is 0 Å². The first kappa shape index (κ1) is 13.6. The third-order valence-electron chi connectivity index (χ3n) is 2.61. The third kappa shape index (κ3) is 3.58. The van der Waals surface area contributed by atoms with Crippen molar-refractivity contribution >= 4 is 17.7 Å². The average Bonchev–Trinajstić information content (AvgIpc) is 2.45. The van der Waals surface area contributed by atoms with Gasteiger partial charge in [-0.15, -0.1) is 11.8 Å². The number of rotatable bonds is 4. The van der Waals surface area contributed by atoms with Crippen LogP contribution >= 0.6 is 11.8 Å². The molecule has 0 saturated carbocycles. The van der Waals surface area contributed by atoms with Gasteiger partial charge in [0.1, 0.15) is 5.82 Å². The zero-order valence-corrected chi connectivity index (χ0v) is 11.2. The molecule has 0 atom stereocenters. The number of benzene rings is 2. The molecule has 2 aromatic rings. The SMILES string of the molecule is COC(=O)c1ccc(F)cc1CSc1ccccc1. The van der Waals surface area contributed by atoms with Gasteiger partial charge in [-0.1, -0.05) is 18.2 Å². The summed E-state index contributed by atoms with van der Waals surface area (Å²) in [6.45, 7) is 0. The molecule has 0 aliphatic carbocycles. The highest BCUT2D eigenvalue weighted by Gasteiger charge is 2.12. The lowest BCUT2D eigenvalue weighted by Gasteiger charge is -2.08. The van der Waals surface area contributed by atoms with Gasteiger partial charge >= 0.3 is 5.97 Å². The number of thioether (sulfide) groups is 1. The number of carbonyl (C=O) groups is 1. The molecule has 0 fully saturated rings. The minimum Gasteiger partial charge on any atom is -0.465 e. The lowest BCUT2D eigenvalue weighted by molar-refractivity contribution is 0.0600. The van der Waals surface area contributed by atoms with E-state index in [0.29, 0.717) is 16.9 Å². The second-order valence-electron chi connectivity index (χ2n) is 3.89. The zero-order chi connectivity index (χ0) is 13.7. The molecule has 0 bridgehead atoms. The van der Waals surface area contributed by atoms with Crippen LogP contribution in [-0.4, -0.2) is 13.1 Å². The van der Waals surface area contributed by atoms with E-state index in [1.54, 1.807) is 11.8 Å². The average molecular weight is 276 g/mol. The van der Waals surface area contributed by atoms with Gasteiger partial charge in [0.05, 0.1) is 12.7 Å². The first-order valence-electron chi connectivity index (χ1n) is 5.75. The van der Waals surface area contributed by atoms with Gasteiger partial charge < -0.3 is 4.74 Å². The second kappa shape index (κ2) is 6.38. The van der Waals surface area contributed by atoms with E-state index in [-0.39, 0.29) is 5.82 Å². The van der Waals surface area contributed by atoms with Gasteiger partial charge in [0.25, 0.3) is 0 Å². The number of halogens is 1. The van der Waals surface area contributed by atoms with Crippen LogP contribution in [0.2, 0.25) is 0 Å². The molecule has 19 heavy (non-hydrogen) atoms. The second-order valence-corrected chi connectivity index (χ2v) is 4.94. The number of methoxy groups -OCH3 is 1. The van der Waals surface area contributed by atoms with E-state index < -0.39 is 5.97 Å². The molecular formula is C15H13FO2S. The van der Waals surface area contributed by atoms with Crippen LogP contribution in [0, 0.1) is 5.82 Å². The normalized spacial score (nSPS) is 10.2. The Kier molecular flexibility index (Phi) is 4.58. The molecule has 0 saturated heterocycles. The standard InChI is InChI=1S/C15H13FO2S/c1-18-15(17)14-8-7-12(16)9-11(14)10-19-13-5-3-2-4-6-13/h2-9H,10H2,1H3. The van der Waals surface area contributed by atoms with Gasteiger partial charge in [-0.3, -0.25) is 0 Å². The van der Waals surface area contributed by atoms with Crippen molar-refractivity contribution in [1.29, 1.82) is 0 Å². The molecule has 0 spiro atoms. The Morgan fingerprint density at radius 3 is 2.63 bits per heavy atom. The van der Waals surface area contributed by atoms with Crippen LogP contribution < -0.4 is 0 Å². The monoisotopic (exact) mass is 276 g/mol. The van der Waals surface area contributed by atoms with Gasteiger partial charge in [0.15, 0.2) is 0 Å². The van der Waals surface area contributed by atoms with Crippen LogP contribution in [0.25, 0.3) is 0 Å². The molecule has 0 amide bonds. The van der Waals surface area contributed by atoms with E-state index in [4.69, 9.17) is 4.74 Å². The Morgan fingerprint density at radius 1 is 1.21 bits per heavy atom. The molecule has 0 aliphatic heterocycles. The first-order valence-corrected chi connectivity index (χ1v) is 6.74. The molecule has 2 nitrogen and oxygen atoms in total. The van der Waals surface area contributed by atoms with Crippen LogP contribution in [0.3, 0.4) is 0 Å². The number of esters is 1. The topological polar surface area (TPSA) is 26.3 Å². The fraction of sp³-hybridized carbons (Fsp3) is 0.133. The number of ether oxygens (including phenoxy) is 1. The van der Waals surface area contributed by atoms with Gasteiger partial charge in [-0.2, -0.15) is 0 Å². The van der Waals surface area contributed by atoms with Crippen LogP contribution in [0.15, 0.2) is 53.4 Å². The van der Waals surface area contributed by atoms with Crippen molar-refractivity contribution in [3.63, 3.8) is 0 Å². The minimum absolute atomic E-state index is 0.351. The van der Waals surface area contributed by atoms with Crippen molar-refractivity contribution in [2.45, 2.75) is 10.6 Å². The quantitative estimate of drug-likeness (QED) is 0.625. The summed E-state index contributed by atoms with van der Waals surface area (Å²) in [5.74, 6) is -0.272. The molecule has 0 N–H and O–H groups in total. The van der Waals surface area contributed by atoms with E-state index in [0.717, 1.165) is 4.90 Å². The molecular weight excluding hydrogens is 263 g/mol. The molecule has 4 heteroatoms. The van der Waals surface area contributed by atoms with Crippen molar-refractivity contribution in [3.05, 3.63) is 65.5 Å². The van der Waals surface area contributed by atoms with E-state index >= 15 is 0 Å². The Bertz CT molecular complexity index is 570. The van der Waals surface area contributed by atoms with E-state index in [2.05, 4.69) is 0 Å². The highest BCUT2D eigenvalue weighted by molar-refractivity contribution is 7.98. The predicted octanol–water partition coefficient (Wildman–Crippen LogP) is 3.90. The maximum atomic E-state index is 13.3. The van der Waals surface area contributed by atoms with Gasteiger partial charge in [0.2, 0.25) is 0 Å². The lowest BCUT2D eigenvalue weighted by Crippen LogP contribution is -2.05.